The molecule has 1 unspecified atom stereocenters. The molecular formula is C14H16N2O2S. The van der Waals surface area contributed by atoms with E-state index in [1.165, 1.54) is 4.88 Å². The maximum Gasteiger partial charge on any atom is 0.325 e. The highest BCUT2D eigenvalue weighted by atomic mass is 32.1. The number of aromatic nitrogens is 1. The number of nitrogens with zero attached hydrogens (tertiary/aromatic N) is 1. The molecule has 4 nitrogen and oxygen atoms in total. The van der Waals surface area contributed by atoms with Crippen LogP contribution in [0.5, 0.6) is 0 Å². The molecule has 0 saturated carbocycles. The second kappa shape index (κ2) is 5.95. The number of carboxylic acid groups (broad SMARTS) is 1. The number of thiazole rings is 1. The van der Waals surface area contributed by atoms with Crippen LogP contribution in [0.2, 0.25) is 0 Å². The van der Waals surface area contributed by atoms with Crippen molar-refractivity contribution < 1.29 is 9.90 Å². The Kier molecular flexibility index (Phi) is 4.29. The molecule has 0 amide bonds. The molecule has 0 aliphatic rings. The van der Waals surface area contributed by atoms with Crippen LogP contribution < -0.4 is 5.32 Å². The fourth-order valence-corrected chi connectivity index (χ4v) is 2.68. The van der Waals surface area contributed by atoms with E-state index < -0.39 is 12.0 Å². The summed E-state index contributed by atoms with van der Waals surface area (Å²) in [7, 11) is 0. The molecule has 1 heterocycles. The maximum atomic E-state index is 11.3. The van der Waals surface area contributed by atoms with E-state index in [1.807, 2.05) is 44.2 Å². The molecule has 2 aromatic rings. The van der Waals surface area contributed by atoms with Gasteiger partial charge >= 0.3 is 5.97 Å². The van der Waals surface area contributed by atoms with Crippen molar-refractivity contribution in [3.63, 3.8) is 0 Å². The third kappa shape index (κ3) is 3.39. The van der Waals surface area contributed by atoms with Crippen molar-refractivity contribution in [2.75, 3.05) is 0 Å². The minimum absolute atomic E-state index is 0.463. The summed E-state index contributed by atoms with van der Waals surface area (Å²) in [5.74, 6) is -0.879. The van der Waals surface area contributed by atoms with Crippen LogP contribution in [0.15, 0.2) is 30.3 Å². The van der Waals surface area contributed by atoms with Crippen LogP contribution in [0.1, 0.15) is 27.2 Å². The highest BCUT2D eigenvalue weighted by Crippen LogP contribution is 2.18. The lowest BCUT2D eigenvalue weighted by Crippen LogP contribution is -2.28. The van der Waals surface area contributed by atoms with Crippen molar-refractivity contribution in [1.29, 1.82) is 0 Å². The van der Waals surface area contributed by atoms with Crippen LogP contribution in [0.25, 0.3) is 0 Å². The van der Waals surface area contributed by atoms with Crippen molar-refractivity contribution in [2.45, 2.75) is 26.4 Å². The summed E-state index contributed by atoms with van der Waals surface area (Å²) in [6.07, 6.45) is 0. The minimum atomic E-state index is -0.879. The zero-order chi connectivity index (χ0) is 13.8. The van der Waals surface area contributed by atoms with E-state index in [0.717, 1.165) is 16.3 Å². The van der Waals surface area contributed by atoms with E-state index in [2.05, 4.69) is 10.3 Å². The molecule has 2 rings (SSSR count). The monoisotopic (exact) mass is 276 g/mol. The second-order valence-corrected chi connectivity index (χ2v) is 5.60. The number of rotatable bonds is 5. The van der Waals surface area contributed by atoms with Gasteiger partial charge in [0.1, 0.15) is 11.0 Å². The predicted octanol–water partition coefficient (Wildman–Crippen LogP) is 2.68. The average Bonchev–Trinajstić information content (AvgIpc) is 2.70. The lowest BCUT2D eigenvalue weighted by molar-refractivity contribution is -0.139. The van der Waals surface area contributed by atoms with Crippen LogP contribution in [0.4, 0.5) is 0 Å². The van der Waals surface area contributed by atoms with Crippen molar-refractivity contribution in [3.05, 3.63) is 51.5 Å². The highest BCUT2D eigenvalue weighted by Gasteiger charge is 2.19. The second-order valence-electron chi connectivity index (χ2n) is 4.31. The summed E-state index contributed by atoms with van der Waals surface area (Å²) >= 11 is 1.60. The molecule has 0 spiro atoms. The summed E-state index contributed by atoms with van der Waals surface area (Å²) in [4.78, 5) is 16.9. The van der Waals surface area contributed by atoms with Crippen LogP contribution >= 0.6 is 11.3 Å². The Morgan fingerprint density at radius 1 is 1.37 bits per heavy atom. The van der Waals surface area contributed by atoms with Gasteiger partial charge in [0.15, 0.2) is 0 Å². The molecule has 0 aliphatic heterocycles. The van der Waals surface area contributed by atoms with Crippen molar-refractivity contribution in [1.82, 2.24) is 10.3 Å². The summed E-state index contributed by atoms with van der Waals surface area (Å²) in [6.45, 7) is 4.44. The number of hydrogen-bond donors (Lipinski definition) is 2. The number of nitrogens with one attached hydrogen (secondary N) is 1. The standard InChI is InChI=1S/C14H16N2O2S/c1-9-10(2)19-12(16-9)8-15-13(14(17)18)11-6-4-3-5-7-11/h3-7,13,15H,8H2,1-2H3,(H,17,18). The van der Waals surface area contributed by atoms with E-state index in [4.69, 9.17) is 0 Å². The van der Waals surface area contributed by atoms with Crippen LogP contribution in [0.3, 0.4) is 0 Å². The van der Waals surface area contributed by atoms with Gasteiger partial charge in [0.2, 0.25) is 0 Å². The zero-order valence-corrected chi connectivity index (χ0v) is 11.7. The largest absolute Gasteiger partial charge is 0.480 e. The third-order valence-corrected chi connectivity index (χ3v) is 3.98. The molecule has 0 fully saturated rings. The molecule has 2 N–H and O–H groups in total. The van der Waals surface area contributed by atoms with E-state index >= 15 is 0 Å². The Balaban J connectivity index is 2.08. The summed E-state index contributed by atoms with van der Waals surface area (Å²) in [6, 6.07) is 8.46. The van der Waals surface area contributed by atoms with Gasteiger partial charge in [0, 0.05) is 11.4 Å². The number of carbonyl (C=O) groups is 1. The average molecular weight is 276 g/mol. The first-order chi connectivity index (χ1) is 9.08. The molecule has 1 aromatic heterocycles. The van der Waals surface area contributed by atoms with E-state index in [-0.39, 0.29) is 0 Å². The fourth-order valence-electron chi connectivity index (χ4n) is 1.80. The Morgan fingerprint density at radius 3 is 2.58 bits per heavy atom. The Morgan fingerprint density at radius 2 is 2.05 bits per heavy atom. The Bertz CT molecular complexity index is 547. The molecule has 0 radical (unpaired) electrons. The van der Waals surface area contributed by atoms with Crippen molar-refractivity contribution in [2.24, 2.45) is 0 Å². The maximum absolute atomic E-state index is 11.3. The van der Waals surface area contributed by atoms with Gasteiger partial charge in [-0.3, -0.25) is 10.1 Å². The Hall–Kier alpha value is -1.72. The summed E-state index contributed by atoms with van der Waals surface area (Å²) < 4.78 is 0. The van der Waals surface area contributed by atoms with E-state index in [9.17, 15) is 9.90 Å². The molecule has 0 aliphatic carbocycles. The molecule has 1 atom stereocenters. The lowest BCUT2D eigenvalue weighted by Gasteiger charge is -2.13. The molecular weight excluding hydrogens is 260 g/mol. The van der Waals surface area contributed by atoms with Crippen LogP contribution in [0, 0.1) is 13.8 Å². The van der Waals surface area contributed by atoms with Gasteiger partial charge in [-0.1, -0.05) is 30.3 Å². The molecule has 0 saturated heterocycles. The molecule has 19 heavy (non-hydrogen) atoms. The quantitative estimate of drug-likeness (QED) is 0.881. The van der Waals surface area contributed by atoms with Gasteiger partial charge in [-0.25, -0.2) is 4.98 Å². The first-order valence-electron chi connectivity index (χ1n) is 6.02. The molecule has 5 heteroatoms. The summed E-state index contributed by atoms with van der Waals surface area (Å²) in [5.41, 5.74) is 1.76. The van der Waals surface area contributed by atoms with Crippen molar-refractivity contribution in [3.8, 4) is 0 Å². The fraction of sp³-hybridized carbons (Fsp3) is 0.286. The third-order valence-electron chi connectivity index (χ3n) is 2.91. The van der Waals surface area contributed by atoms with Crippen LogP contribution in [-0.2, 0) is 11.3 Å². The lowest BCUT2D eigenvalue weighted by atomic mass is 10.1. The number of hydrogen-bond acceptors (Lipinski definition) is 4. The zero-order valence-electron chi connectivity index (χ0n) is 10.9. The Labute approximate surface area is 116 Å². The van der Waals surface area contributed by atoms with Gasteiger partial charge < -0.3 is 5.11 Å². The normalized spacial score (nSPS) is 12.3. The smallest absolute Gasteiger partial charge is 0.325 e. The number of aliphatic carboxylic acids is 1. The van der Waals surface area contributed by atoms with Gasteiger partial charge in [-0.05, 0) is 19.4 Å². The number of carboxylic acids is 1. The molecule has 0 bridgehead atoms. The summed E-state index contributed by atoms with van der Waals surface area (Å²) in [5, 5.41) is 13.2. The SMILES string of the molecule is Cc1nc(CNC(C(=O)O)c2ccccc2)sc1C. The van der Waals surface area contributed by atoms with Gasteiger partial charge in [-0.2, -0.15) is 0 Å². The molecule has 1 aromatic carbocycles. The van der Waals surface area contributed by atoms with E-state index in [1.54, 1.807) is 11.3 Å². The predicted molar refractivity (Wildman–Crippen MR) is 75.2 cm³/mol. The van der Waals surface area contributed by atoms with Crippen LogP contribution in [-0.4, -0.2) is 16.1 Å². The highest BCUT2D eigenvalue weighted by molar-refractivity contribution is 7.11. The first kappa shape index (κ1) is 13.7. The number of benzene rings is 1. The molecule has 100 valence electrons. The van der Waals surface area contributed by atoms with Gasteiger partial charge in [0.25, 0.3) is 0 Å². The number of aryl methyl sites for hydroxylation is 2. The van der Waals surface area contributed by atoms with Gasteiger partial charge in [0.05, 0.1) is 5.69 Å². The first-order valence-corrected chi connectivity index (χ1v) is 6.83. The van der Waals surface area contributed by atoms with E-state index in [0.29, 0.717) is 6.54 Å². The van der Waals surface area contributed by atoms with Gasteiger partial charge in [-0.15, -0.1) is 11.3 Å². The minimum Gasteiger partial charge on any atom is -0.480 e. The topological polar surface area (TPSA) is 62.2 Å². The van der Waals surface area contributed by atoms with Crippen molar-refractivity contribution >= 4 is 17.3 Å².